The van der Waals surface area contributed by atoms with Crippen LogP contribution in [0.1, 0.15) is 58.4 Å². The normalized spacial score (nSPS) is 25.5. The van der Waals surface area contributed by atoms with E-state index >= 15 is 0 Å². The van der Waals surface area contributed by atoms with Crippen LogP contribution in [-0.4, -0.2) is 25.8 Å². The minimum absolute atomic E-state index is 0.218. The highest BCUT2D eigenvalue weighted by Gasteiger charge is 2.50. The fraction of sp³-hybridized carbons (Fsp3) is 0.438. The van der Waals surface area contributed by atoms with E-state index in [-0.39, 0.29) is 5.69 Å². The van der Waals surface area contributed by atoms with Crippen LogP contribution < -0.4 is 0 Å². The predicted octanol–water partition coefficient (Wildman–Crippen LogP) is 2.50. The van der Waals surface area contributed by atoms with Crippen molar-refractivity contribution in [1.82, 2.24) is 14.8 Å². The quantitative estimate of drug-likeness (QED) is 0.938. The van der Waals surface area contributed by atoms with E-state index in [1.165, 1.54) is 24.8 Å². The van der Waals surface area contributed by atoms with Gasteiger partial charge >= 0.3 is 5.97 Å². The van der Waals surface area contributed by atoms with Gasteiger partial charge in [-0.2, -0.15) is 5.10 Å². The second-order valence-corrected chi connectivity index (χ2v) is 6.46. The van der Waals surface area contributed by atoms with Crippen molar-refractivity contribution in [3.8, 4) is 5.82 Å². The lowest BCUT2D eigenvalue weighted by molar-refractivity contribution is 0.0688. The second kappa shape index (κ2) is 3.72. The summed E-state index contributed by atoms with van der Waals surface area (Å²) < 4.78 is 1.79. The van der Waals surface area contributed by atoms with Crippen molar-refractivity contribution in [3.63, 3.8) is 0 Å². The molecule has 2 aromatic rings. The number of carboxylic acids is 1. The van der Waals surface area contributed by atoms with Crippen LogP contribution in [-0.2, 0) is 6.42 Å². The lowest BCUT2D eigenvalue weighted by atomic mass is 10.1. The smallest absolute Gasteiger partial charge is 0.356 e. The zero-order chi connectivity index (χ0) is 14.1. The molecule has 5 rings (SSSR count). The van der Waals surface area contributed by atoms with Crippen molar-refractivity contribution in [1.29, 1.82) is 0 Å². The standard InChI is InChI=1S/C16H15N3O2/c20-16(21)14-12-6-10-5-11(10)15(12)19(18-14)13-7-9(3-4-17-13)8-1-2-8/h3-4,7-8,10-11H,1-2,5-6H2,(H,20,21)/t10-,11-/m1/s1. The molecule has 5 nitrogen and oxygen atoms in total. The molecular formula is C16H15N3O2. The molecule has 3 aliphatic rings. The minimum Gasteiger partial charge on any atom is -0.476 e. The molecule has 2 aromatic heterocycles. The van der Waals surface area contributed by atoms with Crippen molar-refractivity contribution in [2.24, 2.45) is 5.92 Å². The molecule has 0 aliphatic heterocycles. The molecule has 2 fully saturated rings. The van der Waals surface area contributed by atoms with Gasteiger partial charge in [-0.15, -0.1) is 0 Å². The van der Waals surface area contributed by atoms with Gasteiger partial charge in [-0.25, -0.2) is 14.5 Å². The van der Waals surface area contributed by atoms with Gasteiger partial charge in [-0.3, -0.25) is 0 Å². The maximum atomic E-state index is 11.4. The summed E-state index contributed by atoms with van der Waals surface area (Å²) >= 11 is 0. The summed E-state index contributed by atoms with van der Waals surface area (Å²) in [5.41, 5.74) is 3.54. The van der Waals surface area contributed by atoms with Gasteiger partial charge in [0.25, 0.3) is 0 Å². The number of carbonyl (C=O) groups is 1. The van der Waals surface area contributed by atoms with E-state index in [1.807, 2.05) is 6.20 Å². The third-order valence-corrected chi connectivity index (χ3v) is 5.00. The Morgan fingerprint density at radius 2 is 2.24 bits per heavy atom. The molecule has 0 amide bonds. The highest BCUT2D eigenvalue weighted by atomic mass is 16.4. The predicted molar refractivity (Wildman–Crippen MR) is 74.8 cm³/mol. The lowest BCUT2D eigenvalue weighted by Crippen LogP contribution is -2.06. The first kappa shape index (κ1) is 11.5. The van der Waals surface area contributed by atoms with E-state index in [0.717, 1.165) is 23.5 Å². The van der Waals surface area contributed by atoms with E-state index in [2.05, 4.69) is 22.2 Å². The van der Waals surface area contributed by atoms with Gasteiger partial charge in [-0.1, -0.05) is 0 Å². The number of carboxylic acid groups (broad SMARTS) is 1. The Morgan fingerprint density at radius 3 is 3.00 bits per heavy atom. The Bertz CT molecular complexity index is 776. The van der Waals surface area contributed by atoms with Gasteiger partial charge in [0.05, 0.1) is 5.69 Å². The second-order valence-electron chi connectivity index (χ2n) is 6.46. The summed E-state index contributed by atoms with van der Waals surface area (Å²) in [6.45, 7) is 0. The number of nitrogens with zero attached hydrogens (tertiary/aromatic N) is 3. The van der Waals surface area contributed by atoms with Crippen LogP contribution in [0.5, 0.6) is 0 Å². The first-order valence-corrected chi connectivity index (χ1v) is 7.54. The topological polar surface area (TPSA) is 68.0 Å². The third-order valence-electron chi connectivity index (χ3n) is 5.00. The van der Waals surface area contributed by atoms with E-state index in [4.69, 9.17) is 0 Å². The van der Waals surface area contributed by atoms with E-state index in [1.54, 1.807) is 4.68 Å². The Labute approximate surface area is 121 Å². The van der Waals surface area contributed by atoms with Crippen LogP contribution in [0.15, 0.2) is 18.3 Å². The van der Waals surface area contributed by atoms with E-state index in [0.29, 0.717) is 17.8 Å². The number of fused-ring (bicyclic) bond motifs is 3. The molecule has 0 saturated heterocycles. The van der Waals surface area contributed by atoms with E-state index in [9.17, 15) is 9.90 Å². The lowest BCUT2D eigenvalue weighted by Gasteiger charge is -2.07. The fourth-order valence-corrected chi connectivity index (χ4v) is 3.68. The van der Waals surface area contributed by atoms with Crippen LogP contribution in [0.3, 0.4) is 0 Å². The molecule has 2 saturated carbocycles. The third kappa shape index (κ3) is 1.60. The summed E-state index contributed by atoms with van der Waals surface area (Å²) in [7, 11) is 0. The van der Waals surface area contributed by atoms with Crippen LogP contribution in [0.4, 0.5) is 0 Å². The fourth-order valence-electron chi connectivity index (χ4n) is 3.68. The molecule has 5 heteroatoms. The van der Waals surface area contributed by atoms with Crippen molar-refractivity contribution in [2.45, 2.75) is 37.5 Å². The zero-order valence-electron chi connectivity index (χ0n) is 11.5. The van der Waals surface area contributed by atoms with Crippen molar-refractivity contribution in [3.05, 3.63) is 40.8 Å². The van der Waals surface area contributed by atoms with Gasteiger partial charge in [0.2, 0.25) is 0 Å². The van der Waals surface area contributed by atoms with Crippen molar-refractivity contribution >= 4 is 5.97 Å². The molecule has 0 spiro atoms. The highest BCUT2D eigenvalue weighted by Crippen LogP contribution is 2.57. The minimum atomic E-state index is -0.926. The molecule has 3 aliphatic carbocycles. The maximum Gasteiger partial charge on any atom is 0.356 e. The summed E-state index contributed by atoms with van der Waals surface area (Å²) in [5.74, 6) is 1.63. The largest absolute Gasteiger partial charge is 0.476 e. The van der Waals surface area contributed by atoms with Gasteiger partial charge in [0.15, 0.2) is 11.5 Å². The molecule has 21 heavy (non-hydrogen) atoms. The summed E-state index contributed by atoms with van der Waals surface area (Å²) in [6, 6.07) is 4.13. The van der Waals surface area contributed by atoms with Crippen LogP contribution in [0.2, 0.25) is 0 Å². The summed E-state index contributed by atoms with van der Waals surface area (Å²) in [4.78, 5) is 15.8. The Balaban J connectivity index is 1.67. The average Bonchev–Trinajstić information content (AvgIpc) is 3.38. The number of aromatic nitrogens is 3. The first-order chi connectivity index (χ1) is 10.2. The SMILES string of the molecule is O=C(O)c1nn(-c2cc(C3CC3)ccn2)c2c1C[C@H]1C[C@@H]21. The Hall–Kier alpha value is -2.17. The zero-order valence-corrected chi connectivity index (χ0v) is 11.5. The molecular weight excluding hydrogens is 266 g/mol. The van der Waals surface area contributed by atoms with Crippen LogP contribution in [0.25, 0.3) is 5.82 Å². The molecule has 0 bridgehead atoms. The molecule has 0 unspecified atom stereocenters. The van der Waals surface area contributed by atoms with Gasteiger partial charge in [-0.05, 0) is 55.2 Å². The number of rotatable bonds is 3. The van der Waals surface area contributed by atoms with Crippen molar-refractivity contribution < 1.29 is 9.90 Å². The van der Waals surface area contributed by atoms with E-state index < -0.39 is 5.97 Å². The first-order valence-electron chi connectivity index (χ1n) is 7.54. The molecule has 2 heterocycles. The molecule has 0 radical (unpaired) electrons. The van der Waals surface area contributed by atoms with Gasteiger partial charge < -0.3 is 5.11 Å². The van der Waals surface area contributed by atoms with Gasteiger partial charge in [0.1, 0.15) is 0 Å². The summed E-state index contributed by atoms with van der Waals surface area (Å²) in [6.07, 6.45) is 6.33. The Morgan fingerprint density at radius 1 is 1.38 bits per heavy atom. The highest BCUT2D eigenvalue weighted by molar-refractivity contribution is 5.88. The summed E-state index contributed by atoms with van der Waals surface area (Å²) in [5, 5.41) is 13.7. The maximum absolute atomic E-state index is 11.4. The number of hydrogen-bond acceptors (Lipinski definition) is 3. The van der Waals surface area contributed by atoms with Crippen LogP contribution >= 0.6 is 0 Å². The number of hydrogen-bond donors (Lipinski definition) is 1. The average molecular weight is 281 g/mol. The molecule has 1 N–H and O–H groups in total. The molecule has 2 atom stereocenters. The monoisotopic (exact) mass is 281 g/mol. The van der Waals surface area contributed by atoms with Crippen molar-refractivity contribution in [2.75, 3.05) is 0 Å². The number of aromatic carboxylic acids is 1. The van der Waals surface area contributed by atoms with Crippen LogP contribution in [0, 0.1) is 5.92 Å². The van der Waals surface area contributed by atoms with Gasteiger partial charge in [0, 0.05) is 17.7 Å². The molecule has 0 aromatic carbocycles. The number of pyridine rings is 1. The molecule has 106 valence electrons. The Kier molecular flexibility index (Phi) is 2.04.